The summed E-state index contributed by atoms with van der Waals surface area (Å²) in [4.78, 5) is 43.9. The topological polar surface area (TPSA) is 127 Å². The molecule has 1 aliphatic heterocycles. The number of nitrogens with zero attached hydrogens (tertiary/aromatic N) is 4. The highest BCUT2D eigenvalue weighted by atomic mass is 19.3. The van der Waals surface area contributed by atoms with Crippen molar-refractivity contribution in [2.75, 3.05) is 16.3 Å². The lowest BCUT2D eigenvalue weighted by Gasteiger charge is -2.37. The van der Waals surface area contributed by atoms with Crippen LogP contribution in [0.3, 0.4) is 0 Å². The number of alkyl halides is 2. The van der Waals surface area contributed by atoms with Crippen molar-refractivity contribution >= 4 is 29.7 Å². The number of hydrogen-bond donors (Lipinski definition) is 2. The number of rotatable bonds is 9. The minimum Gasteiger partial charge on any atom is -0.385 e. The van der Waals surface area contributed by atoms with Crippen LogP contribution in [0.1, 0.15) is 87.6 Å². The number of halogens is 2. The van der Waals surface area contributed by atoms with E-state index in [9.17, 15) is 28.3 Å². The summed E-state index contributed by atoms with van der Waals surface area (Å²) >= 11 is 0. The highest BCUT2D eigenvalue weighted by Crippen LogP contribution is 2.46. The molecule has 9 nitrogen and oxygen atoms in total. The van der Waals surface area contributed by atoms with Crippen molar-refractivity contribution in [2.24, 2.45) is 0 Å². The molecule has 2 aromatic carbocycles. The predicted octanol–water partition coefficient (Wildman–Crippen LogP) is 5.95. The molecule has 1 unspecified atom stereocenters. The fourth-order valence-corrected chi connectivity index (χ4v) is 5.74. The first kappa shape index (κ1) is 35.2. The van der Waals surface area contributed by atoms with Crippen LogP contribution in [0.4, 0.5) is 20.3 Å². The zero-order valence-electron chi connectivity index (χ0n) is 27.0. The molecule has 2 heterocycles. The Hall–Kier alpha value is -4.69. The van der Waals surface area contributed by atoms with Gasteiger partial charge in [-0.2, -0.15) is 5.26 Å². The van der Waals surface area contributed by atoms with Crippen LogP contribution < -0.4 is 15.1 Å². The van der Waals surface area contributed by atoms with E-state index < -0.39 is 42.4 Å². The van der Waals surface area contributed by atoms with Crippen LogP contribution in [0.2, 0.25) is 0 Å². The number of carbonyl (C=O) groups excluding carboxylic acids is 3. The van der Waals surface area contributed by atoms with Crippen molar-refractivity contribution in [1.29, 1.82) is 5.26 Å². The lowest BCUT2D eigenvalue weighted by Crippen LogP contribution is -2.53. The van der Waals surface area contributed by atoms with Crippen molar-refractivity contribution in [2.45, 2.75) is 89.3 Å². The van der Waals surface area contributed by atoms with E-state index in [4.69, 9.17) is 5.26 Å². The van der Waals surface area contributed by atoms with Gasteiger partial charge in [-0.3, -0.25) is 24.2 Å². The molecule has 3 aliphatic rings. The van der Waals surface area contributed by atoms with Gasteiger partial charge in [0.15, 0.2) is 0 Å². The summed E-state index contributed by atoms with van der Waals surface area (Å²) in [7, 11) is 0. The molecule has 1 atom stereocenters. The molecule has 0 bridgehead atoms. The van der Waals surface area contributed by atoms with Crippen LogP contribution in [0.25, 0.3) is 0 Å². The molecule has 47 heavy (non-hydrogen) atoms. The quantitative estimate of drug-likeness (QED) is 0.277. The monoisotopic (exact) mass is 645 g/mol. The third-order valence-corrected chi connectivity index (χ3v) is 8.44. The Morgan fingerprint density at radius 3 is 2.49 bits per heavy atom. The summed E-state index contributed by atoms with van der Waals surface area (Å²) in [6, 6.07) is 18.0. The minimum atomic E-state index is -2.76. The van der Waals surface area contributed by atoms with Gasteiger partial charge in [-0.05, 0) is 66.6 Å². The van der Waals surface area contributed by atoms with E-state index in [2.05, 4.69) is 10.3 Å². The fourth-order valence-electron chi connectivity index (χ4n) is 5.74. The molecule has 2 N–H and O–H groups in total. The number of pyridine rings is 1. The van der Waals surface area contributed by atoms with Gasteiger partial charge < -0.3 is 10.4 Å². The Balaban J connectivity index is 0.000000260. The van der Waals surface area contributed by atoms with Gasteiger partial charge in [0.25, 0.3) is 5.92 Å². The molecule has 1 saturated heterocycles. The first-order chi connectivity index (χ1) is 22.6. The maximum Gasteiger partial charge on any atom is 0.252 e. The average Bonchev–Trinajstić information content (AvgIpc) is 3.69. The van der Waals surface area contributed by atoms with E-state index in [1.54, 1.807) is 59.6 Å². The largest absolute Gasteiger partial charge is 0.385 e. The van der Waals surface area contributed by atoms with Gasteiger partial charge >= 0.3 is 0 Å². The van der Waals surface area contributed by atoms with Gasteiger partial charge in [0, 0.05) is 43.7 Å². The lowest BCUT2D eigenvalue weighted by molar-refractivity contribution is -0.131. The number of nitrogens with one attached hydrogen (secondary N) is 1. The standard InChI is InChI=1S/C24H26F2N2O3.C10H9N3O.C2H6/c1-2-16-6-3-4-9-20(16)21(22(30)27-18-13-24(25,26)14-18)28(15-29)19-8-5-7-17(12-19)23(31)10-11-23;11-7-8-3-4-12-9(6-8)13-5-1-2-10(13)14;1-2/h3-9,12,15,18,21,31H,2,10-11,13-14H2,1H3,(H,27,30);3-4,6H,1-2,5H2;1-2H3. The Labute approximate surface area is 274 Å². The molecule has 11 heteroatoms. The highest BCUT2D eigenvalue weighted by Gasteiger charge is 2.47. The molecule has 1 aromatic heterocycles. The number of amides is 3. The van der Waals surface area contributed by atoms with Gasteiger partial charge in [0.1, 0.15) is 11.9 Å². The van der Waals surface area contributed by atoms with Crippen molar-refractivity contribution in [1.82, 2.24) is 10.3 Å². The van der Waals surface area contributed by atoms with Crippen molar-refractivity contribution < 1.29 is 28.3 Å². The second-order valence-corrected chi connectivity index (χ2v) is 11.7. The summed E-state index contributed by atoms with van der Waals surface area (Å²) < 4.78 is 26.6. The SMILES string of the molecule is CC.CCc1ccccc1C(C(=O)NC1CC(F)(F)C1)N(C=O)c1cccc(C2(O)CC2)c1.N#Cc1ccnc(N2CCCC2=O)c1. The molecule has 2 aliphatic carbocycles. The van der Waals surface area contributed by atoms with Crippen LogP contribution in [0.15, 0.2) is 66.9 Å². The van der Waals surface area contributed by atoms with Crippen LogP contribution in [-0.2, 0) is 26.4 Å². The number of anilines is 2. The smallest absolute Gasteiger partial charge is 0.252 e. The number of benzene rings is 2. The maximum absolute atomic E-state index is 13.3. The minimum absolute atomic E-state index is 0.0904. The van der Waals surface area contributed by atoms with Gasteiger partial charge in [-0.25, -0.2) is 13.8 Å². The first-order valence-electron chi connectivity index (χ1n) is 16.1. The maximum atomic E-state index is 13.3. The van der Waals surface area contributed by atoms with Crippen LogP contribution in [0.5, 0.6) is 0 Å². The third-order valence-electron chi connectivity index (χ3n) is 8.44. The molecule has 0 spiro atoms. The number of aromatic nitrogens is 1. The van der Waals surface area contributed by atoms with Crippen molar-refractivity contribution in [3.05, 3.63) is 89.1 Å². The van der Waals surface area contributed by atoms with Gasteiger partial charge in [0.2, 0.25) is 18.2 Å². The molecule has 6 rings (SSSR count). The Kier molecular flexibility index (Phi) is 11.4. The van der Waals surface area contributed by atoms with Crippen molar-refractivity contribution in [3.63, 3.8) is 0 Å². The van der Waals surface area contributed by atoms with Crippen molar-refractivity contribution in [3.8, 4) is 6.07 Å². The Morgan fingerprint density at radius 2 is 1.89 bits per heavy atom. The predicted molar refractivity (Wildman–Crippen MR) is 175 cm³/mol. The van der Waals surface area contributed by atoms with Gasteiger partial charge in [-0.1, -0.05) is 57.2 Å². The van der Waals surface area contributed by atoms with E-state index >= 15 is 0 Å². The molecular formula is C36H41F2N5O4. The number of aliphatic hydroxyl groups is 1. The van der Waals surface area contributed by atoms with Crippen LogP contribution >= 0.6 is 0 Å². The van der Waals surface area contributed by atoms with E-state index in [1.807, 2.05) is 39.0 Å². The summed E-state index contributed by atoms with van der Waals surface area (Å²) in [6.07, 6.45) is 4.74. The zero-order chi connectivity index (χ0) is 34.2. The fraction of sp³-hybridized carbons (Fsp3) is 0.417. The molecule has 0 radical (unpaired) electrons. The van der Waals surface area contributed by atoms with E-state index in [-0.39, 0.29) is 5.91 Å². The van der Waals surface area contributed by atoms with E-state index in [0.717, 1.165) is 12.0 Å². The summed E-state index contributed by atoms with van der Waals surface area (Å²) in [5.74, 6) is -2.57. The van der Waals surface area contributed by atoms with Crippen LogP contribution in [-0.4, -0.2) is 46.8 Å². The summed E-state index contributed by atoms with van der Waals surface area (Å²) in [5, 5.41) is 21.9. The van der Waals surface area contributed by atoms with Gasteiger partial charge in [-0.15, -0.1) is 0 Å². The number of carbonyl (C=O) groups is 3. The van der Waals surface area contributed by atoms with Gasteiger partial charge in [0.05, 0.1) is 17.2 Å². The second kappa shape index (κ2) is 15.3. The third kappa shape index (κ3) is 8.37. The molecular weight excluding hydrogens is 604 g/mol. The normalized spacial score (nSPS) is 17.8. The lowest BCUT2D eigenvalue weighted by atomic mass is 9.87. The molecule has 3 aromatic rings. The second-order valence-electron chi connectivity index (χ2n) is 11.7. The Bertz CT molecular complexity index is 1610. The number of aryl methyl sites for hydroxylation is 1. The summed E-state index contributed by atoms with van der Waals surface area (Å²) in [5.41, 5.74) is 2.36. The van der Waals surface area contributed by atoms with Crippen LogP contribution in [0, 0.1) is 11.3 Å². The number of nitriles is 1. The average molecular weight is 646 g/mol. The molecule has 3 amide bonds. The molecule has 2 saturated carbocycles. The molecule has 248 valence electrons. The Morgan fingerprint density at radius 1 is 1.17 bits per heavy atom. The summed E-state index contributed by atoms with van der Waals surface area (Å²) in [6.45, 7) is 6.66. The van der Waals surface area contributed by atoms with E-state index in [1.165, 1.54) is 4.90 Å². The zero-order valence-corrected chi connectivity index (χ0v) is 27.0. The first-order valence-corrected chi connectivity index (χ1v) is 16.1. The number of hydrogen-bond acceptors (Lipinski definition) is 6. The highest BCUT2D eigenvalue weighted by molar-refractivity contribution is 5.95. The van der Waals surface area contributed by atoms with E-state index in [0.29, 0.717) is 66.8 Å². The molecule has 3 fully saturated rings.